The van der Waals surface area contributed by atoms with Gasteiger partial charge in [0.25, 0.3) is 0 Å². The zero-order valence-electron chi connectivity index (χ0n) is 22.5. The zero-order valence-corrected chi connectivity index (χ0v) is 22.5. The summed E-state index contributed by atoms with van der Waals surface area (Å²) in [6.45, 7) is 0. The second-order valence-electron chi connectivity index (χ2n) is 10.2. The summed E-state index contributed by atoms with van der Waals surface area (Å²) >= 11 is 0. The summed E-state index contributed by atoms with van der Waals surface area (Å²) in [5.41, 5.74) is 10.1. The number of hydrogen-bond donors (Lipinski definition) is 0. The van der Waals surface area contributed by atoms with Gasteiger partial charge in [0.15, 0.2) is 22.9 Å². The van der Waals surface area contributed by atoms with Gasteiger partial charge in [0.2, 0.25) is 0 Å². The van der Waals surface area contributed by atoms with Crippen LogP contribution < -0.4 is 0 Å². The summed E-state index contributed by atoms with van der Waals surface area (Å²) < 4.78 is 3.60. The Bertz CT molecular complexity index is 1980. The van der Waals surface area contributed by atoms with Crippen LogP contribution in [0.15, 0.2) is 146 Å². The number of benzene rings is 4. The lowest BCUT2D eigenvalue weighted by atomic mass is 9.92. The molecule has 0 saturated heterocycles. The van der Waals surface area contributed by atoms with E-state index in [0.29, 0.717) is 11.6 Å². The van der Waals surface area contributed by atoms with E-state index in [9.17, 15) is 0 Å². The normalized spacial score (nSPS) is 11.3. The van der Waals surface area contributed by atoms with Crippen molar-refractivity contribution in [3.63, 3.8) is 0 Å². The van der Waals surface area contributed by atoms with Crippen LogP contribution >= 0.6 is 0 Å². The molecule has 0 saturated carbocycles. The Balaban J connectivity index is 1.36. The standard InChI is InChI=1S/C36H24N6/c1-3-11-25(12-4-1)27-19-28(26-13-5-2-6-14-26)21-29(20-27)30-22-31(35-37-33-15-7-9-17-41(33)39-35)24-32(23-30)36-38-34-16-8-10-18-42(34)40-36/h1-24H. The summed E-state index contributed by atoms with van der Waals surface area (Å²) in [6, 6.07) is 45.9. The molecule has 0 fully saturated rings. The molecule has 0 amide bonds. The Hall–Kier alpha value is -5.88. The third-order valence-electron chi connectivity index (χ3n) is 7.41. The van der Waals surface area contributed by atoms with E-state index >= 15 is 0 Å². The fourth-order valence-electron chi connectivity index (χ4n) is 5.35. The molecule has 6 nitrogen and oxygen atoms in total. The monoisotopic (exact) mass is 540 g/mol. The molecule has 6 heteroatoms. The fraction of sp³-hybridized carbons (Fsp3) is 0. The molecule has 0 unspecified atom stereocenters. The maximum absolute atomic E-state index is 4.83. The molecule has 0 atom stereocenters. The molecule has 8 aromatic rings. The van der Waals surface area contributed by atoms with Crippen LogP contribution in [-0.2, 0) is 0 Å². The molecule has 198 valence electrons. The summed E-state index contributed by atoms with van der Waals surface area (Å²) in [6.07, 6.45) is 3.82. The lowest BCUT2D eigenvalue weighted by molar-refractivity contribution is 0.964. The fourth-order valence-corrected chi connectivity index (χ4v) is 5.35. The van der Waals surface area contributed by atoms with Crippen LogP contribution in [0.5, 0.6) is 0 Å². The van der Waals surface area contributed by atoms with Gasteiger partial charge in [-0.25, -0.2) is 19.0 Å². The minimum atomic E-state index is 0.649. The van der Waals surface area contributed by atoms with Crippen LogP contribution in [-0.4, -0.2) is 29.2 Å². The van der Waals surface area contributed by atoms with Crippen molar-refractivity contribution >= 4 is 11.3 Å². The van der Waals surface area contributed by atoms with Gasteiger partial charge in [0.1, 0.15) is 0 Å². The van der Waals surface area contributed by atoms with Gasteiger partial charge < -0.3 is 0 Å². The topological polar surface area (TPSA) is 60.4 Å². The summed E-state index contributed by atoms with van der Waals surface area (Å²) in [5.74, 6) is 1.30. The molecule has 0 aliphatic heterocycles. The molecule has 0 radical (unpaired) electrons. The van der Waals surface area contributed by atoms with Crippen molar-refractivity contribution in [1.29, 1.82) is 0 Å². The van der Waals surface area contributed by atoms with Gasteiger partial charge in [-0.15, -0.1) is 10.2 Å². The third kappa shape index (κ3) is 4.41. The predicted molar refractivity (Wildman–Crippen MR) is 167 cm³/mol. The first-order valence-electron chi connectivity index (χ1n) is 13.8. The average Bonchev–Trinajstić information content (AvgIpc) is 3.70. The van der Waals surface area contributed by atoms with E-state index < -0.39 is 0 Å². The van der Waals surface area contributed by atoms with Crippen LogP contribution in [0, 0.1) is 0 Å². The summed E-state index contributed by atoms with van der Waals surface area (Å²) in [4.78, 5) is 9.66. The molecular formula is C36H24N6. The Morgan fingerprint density at radius 1 is 0.333 bits per heavy atom. The molecular weight excluding hydrogens is 516 g/mol. The highest BCUT2D eigenvalue weighted by Crippen LogP contribution is 2.36. The minimum Gasteiger partial charge on any atom is -0.221 e. The highest BCUT2D eigenvalue weighted by molar-refractivity contribution is 5.84. The number of pyridine rings is 2. The Kier molecular flexibility index (Phi) is 5.67. The van der Waals surface area contributed by atoms with E-state index in [1.807, 2.05) is 60.9 Å². The van der Waals surface area contributed by atoms with Crippen LogP contribution in [0.3, 0.4) is 0 Å². The first-order chi connectivity index (χ1) is 20.8. The van der Waals surface area contributed by atoms with Gasteiger partial charge in [-0.1, -0.05) is 72.8 Å². The van der Waals surface area contributed by atoms with Crippen molar-refractivity contribution in [3.05, 3.63) is 146 Å². The van der Waals surface area contributed by atoms with Gasteiger partial charge in [0.05, 0.1) is 0 Å². The summed E-state index contributed by atoms with van der Waals surface area (Å²) in [5, 5.41) is 9.57. The summed E-state index contributed by atoms with van der Waals surface area (Å²) in [7, 11) is 0. The quantitative estimate of drug-likeness (QED) is 0.221. The van der Waals surface area contributed by atoms with Gasteiger partial charge in [-0.2, -0.15) is 0 Å². The molecule has 0 aliphatic rings. The van der Waals surface area contributed by atoms with Gasteiger partial charge >= 0.3 is 0 Å². The first kappa shape index (κ1) is 24.0. The van der Waals surface area contributed by atoms with Crippen molar-refractivity contribution in [2.45, 2.75) is 0 Å². The van der Waals surface area contributed by atoms with Crippen LogP contribution in [0.2, 0.25) is 0 Å². The molecule has 0 bridgehead atoms. The molecule has 4 aromatic carbocycles. The maximum Gasteiger partial charge on any atom is 0.182 e. The van der Waals surface area contributed by atoms with Crippen molar-refractivity contribution in [2.75, 3.05) is 0 Å². The molecule has 4 heterocycles. The Morgan fingerprint density at radius 3 is 1.12 bits per heavy atom. The number of rotatable bonds is 5. The van der Waals surface area contributed by atoms with E-state index in [1.54, 1.807) is 9.03 Å². The number of aromatic nitrogens is 6. The van der Waals surface area contributed by atoms with E-state index in [2.05, 4.69) is 84.9 Å². The van der Waals surface area contributed by atoms with Crippen molar-refractivity contribution in [3.8, 4) is 56.2 Å². The van der Waals surface area contributed by atoms with E-state index in [1.165, 1.54) is 0 Å². The second kappa shape index (κ2) is 9.94. The first-order valence-corrected chi connectivity index (χ1v) is 13.8. The van der Waals surface area contributed by atoms with Crippen molar-refractivity contribution in [1.82, 2.24) is 29.2 Å². The largest absolute Gasteiger partial charge is 0.221 e. The highest BCUT2D eigenvalue weighted by atomic mass is 15.3. The molecule has 4 aromatic heterocycles. The van der Waals surface area contributed by atoms with Gasteiger partial charge in [0, 0.05) is 23.5 Å². The smallest absolute Gasteiger partial charge is 0.182 e. The molecule has 0 N–H and O–H groups in total. The molecule has 0 aliphatic carbocycles. The van der Waals surface area contributed by atoms with Crippen LogP contribution in [0.1, 0.15) is 0 Å². The zero-order chi connectivity index (χ0) is 27.9. The lowest BCUT2D eigenvalue weighted by Crippen LogP contribution is -1.91. The van der Waals surface area contributed by atoms with Crippen molar-refractivity contribution in [2.24, 2.45) is 0 Å². The van der Waals surface area contributed by atoms with Gasteiger partial charge in [-0.3, -0.25) is 0 Å². The number of nitrogens with zero attached hydrogens (tertiary/aromatic N) is 6. The predicted octanol–water partition coefficient (Wildman–Crippen LogP) is 8.11. The average molecular weight is 541 g/mol. The highest BCUT2D eigenvalue weighted by Gasteiger charge is 2.15. The van der Waals surface area contributed by atoms with Crippen molar-refractivity contribution < 1.29 is 0 Å². The Morgan fingerprint density at radius 2 is 0.690 bits per heavy atom. The third-order valence-corrected chi connectivity index (χ3v) is 7.41. The molecule has 0 spiro atoms. The Labute approximate surface area is 242 Å². The van der Waals surface area contributed by atoms with E-state index in [0.717, 1.165) is 55.8 Å². The maximum atomic E-state index is 4.83. The second-order valence-corrected chi connectivity index (χ2v) is 10.2. The van der Waals surface area contributed by atoms with Crippen LogP contribution in [0.4, 0.5) is 0 Å². The van der Waals surface area contributed by atoms with E-state index in [-0.39, 0.29) is 0 Å². The molecule has 8 rings (SSSR count). The lowest BCUT2D eigenvalue weighted by Gasteiger charge is -2.13. The van der Waals surface area contributed by atoms with Crippen LogP contribution in [0.25, 0.3) is 67.5 Å². The van der Waals surface area contributed by atoms with E-state index in [4.69, 9.17) is 20.2 Å². The number of fused-ring (bicyclic) bond motifs is 2. The minimum absolute atomic E-state index is 0.649. The number of hydrogen-bond acceptors (Lipinski definition) is 4. The molecule has 42 heavy (non-hydrogen) atoms. The van der Waals surface area contributed by atoms with Gasteiger partial charge in [-0.05, 0) is 94.0 Å². The SMILES string of the molecule is c1ccc(-c2cc(-c3ccccc3)cc(-c3cc(-c4nc5ccccn5n4)cc(-c4nc5ccccn5n4)c3)c2)cc1.